The molecular formula is C23H25BrO6. The molecule has 0 amide bonds. The van der Waals surface area contributed by atoms with E-state index in [1.807, 2.05) is 13.0 Å². The third-order valence-corrected chi connectivity index (χ3v) is 7.77. The zero-order chi connectivity index (χ0) is 21.8. The second-order valence-electron chi connectivity index (χ2n) is 8.53. The van der Waals surface area contributed by atoms with Gasteiger partial charge in [-0.1, -0.05) is 6.58 Å². The van der Waals surface area contributed by atoms with Crippen LogP contribution in [0.2, 0.25) is 0 Å². The highest BCUT2D eigenvalue weighted by atomic mass is 79.9. The van der Waals surface area contributed by atoms with Crippen LogP contribution >= 0.6 is 15.9 Å². The normalized spacial score (nSPS) is 31.4. The molecule has 2 fully saturated rings. The summed E-state index contributed by atoms with van der Waals surface area (Å²) in [5, 5.41) is 11.1. The Balaban J connectivity index is 1.85. The summed E-state index contributed by atoms with van der Waals surface area (Å²) < 4.78 is 16.3. The summed E-state index contributed by atoms with van der Waals surface area (Å²) in [5.41, 5.74) is 2.25. The maximum Gasteiger partial charge on any atom is 0.333 e. The third-order valence-electron chi connectivity index (χ3n) is 7.18. The molecule has 0 unspecified atom stereocenters. The maximum atomic E-state index is 13.1. The van der Waals surface area contributed by atoms with E-state index in [2.05, 4.69) is 27.2 Å². The van der Waals surface area contributed by atoms with Crippen molar-refractivity contribution >= 4 is 27.9 Å². The fourth-order valence-electron chi connectivity index (χ4n) is 5.94. The highest BCUT2D eigenvalue weighted by Gasteiger charge is 2.66. The molecule has 2 bridgehead atoms. The van der Waals surface area contributed by atoms with E-state index >= 15 is 0 Å². The Morgan fingerprint density at radius 3 is 2.73 bits per heavy atom. The molecule has 2 saturated carbocycles. The smallest absolute Gasteiger partial charge is 0.333 e. The highest BCUT2D eigenvalue weighted by molar-refractivity contribution is 9.10. The molecule has 4 rings (SSSR count). The molecule has 0 saturated heterocycles. The molecule has 0 radical (unpaired) electrons. The molecule has 1 N–H and O–H groups in total. The maximum absolute atomic E-state index is 13.1. The van der Waals surface area contributed by atoms with Crippen LogP contribution in [0, 0.1) is 12.3 Å². The van der Waals surface area contributed by atoms with Gasteiger partial charge >= 0.3 is 11.9 Å². The van der Waals surface area contributed by atoms with Crippen LogP contribution in [-0.2, 0) is 19.1 Å². The molecule has 0 heterocycles. The van der Waals surface area contributed by atoms with Gasteiger partial charge in [-0.15, -0.1) is 0 Å². The quantitative estimate of drug-likeness (QED) is 0.305. The van der Waals surface area contributed by atoms with E-state index in [0.717, 1.165) is 33.2 Å². The number of esters is 2. The van der Waals surface area contributed by atoms with Crippen molar-refractivity contribution in [2.24, 2.45) is 5.41 Å². The van der Waals surface area contributed by atoms with Crippen molar-refractivity contribution in [2.45, 2.75) is 50.0 Å². The predicted octanol–water partition coefficient (Wildman–Crippen LogP) is 4.04. The first-order valence-corrected chi connectivity index (χ1v) is 10.7. The number of ether oxygens (including phenoxy) is 3. The number of halogens is 1. The van der Waals surface area contributed by atoms with Crippen LogP contribution in [-0.4, -0.2) is 36.9 Å². The Morgan fingerprint density at radius 1 is 1.33 bits per heavy atom. The van der Waals surface area contributed by atoms with Gasteiger partial charge in [0.05, 0.1) is 42.5 Å². The van der Waals surface area contributed by atoms with Gasteiger partial charge in [0.15, 0.2) is 0 Å². The lowest BCUT2D eigenvalue weighted by atomic mass is 9.63. The Labute approximate surface area is 184 Å². The van der Waals surface area contributed by atoms with Crippen LogP contribution < -0.4 is 4.74 Å². The molecule has 6 nitrogen and oxygen atoms in total. The van der Waals surface area contributed by atoms with E-state index < -0.39 is 22.9 Å². The molecule has 0 aliphatic heterocycles. The van der Waals surface area contributed by atoms with E-state index in [-0.39, 0.29) is 11.9 Å². The van der Waals surface area contributed by atoms with Crippen molar-refractivity contribution in [3.05, 3.63) is 51.7 Å². The molecule has 3 aliphatic rings. The van der Waals surface area contributed by atoms with Crippen molar-refractivity contribution in [1.82, 2.24) is 0 Å². The average molecular weight is 477 g/mol. The first kappa shape index (κ1) is 21.1. The minimum atomic E-state index is -0.918. The SMILES string of the molecule is C=C1C[C@]23C[C@@]1(O)CC[C@H]2c1cc(Br)c(O/C=C/C(=O)OC)c(C)c1[C@@H]3C(=O)OC. The number of aliphatic hydroxyl groups is 1. The number of hydrogen-bond acceptors (Lipinski definition) is 6. The molecule has 1 aromatic rings. The summed E-state index contributed by atoms with van der Waals surface area (Å²) in [6, 6.07) is 2.00. The van der Waals surface area contributed by atoms with Gasteiger partial charge in [-0.25, -0.2) is 4.79 Å². The Morgan fingerprint density at radius 2 is 2.07 bits per heavy atom. The number of methoxy groups -OCH3 is 2. The van der Waals surface area contributed by atoms with E-state index in [1.54, 1.807) is 0 Å². The molecule has 30 heavy (non-hydrogen) atoms. The summed E-state index contributed by atoms with van der Waals surface area (Å²) in [4.78, 5) is 24.4. The lowest BCUT2D eigenvalue weighted by Crippen LogP contribution is -2.40. The number of hydrogen-bond donors (Lipinski definition) is 1. The van der Waals surface area contributed by atoms with Crippen LogP contribution in [0.1, 0.15) is 54.2 Å². The zero-order valence-electron chi connectivity index (χ0n) is 17.3. The Kier molecular flexibility index (Phi) is 5.10. The summed E-state index contributed by atoms with van der Waals surface area (Å²) in [6.07, 6.45) is 4.99. The Hall–Kier alpha value is -2.12. The topological polar surface area (TPSA) is 82.1 Å². The van der Waals surface area contributed by atoms with Gasteiger partial charge in [0.2, 0.25) is 0 Å². The molecule has 4 atom stereocenters. The van der Waals surface area contributed by atoms with E-state index in [0.29, 0.717) is 25.0 Å². The van der Waals surface area contributed by atoms with Crippen LogP contribution in [0.5, 0.6) is 5.75 Å². The van der Waals surface area contributed by atoms with Crippen LogP contribution in [0.3, 0.4) is 0 Å². The molecule has 1 aromatic carbocycles. The first-order valence-electron chi connectivity index (χ1n) is 9.91. The largest absolute Gasteiger partial charge is 0.469 e. The van der Waals surface area contributed by atoms with Gasteiger partial charge in [-0.3, -0.25) is 4.79 Å². The number of carbonyl (C=O) groups excluding carboxylic acids is 2. The standard InChI is InChI=1S/C23H25BrO6/c1-12-10-22-11-23(12,27)7-5-15(22)14-9-16(24)20(30-8-6-17(25)28-3)13(2)18(14)19(22)21(26)29-4/h6,8-9,15,19,27H,1,5,7,10-11H2,2-4H3/b8-6+/t15-,19+,22-,23-/m0/s1. The average Bonchev–Trinajstić information content (AvgIpc) is 3.09. The van der Waals surface area contributed by atoms with Gasteiger partial charge in [-0.05, 0) is 82.8 Å². The molecule has 7 heteroatoms. The van der Waals surface area contributed by atoms with Crippen LogP contribution in [0.4, 0.5) is 0 Å². The van der Waals surface area contributed by atoms with Gasteiger partial charge < -0.3 is 19.3 Å². The van der Waals surface area contributed by atoms with Crippen LogP contribution in [0.25, 0.3) is 0 Å². The number of carbonyl (C=O) groups is 2. The summed E-state index contributed by atoms with van der Waals surface area (Å²) in [7, 11) is 2.69. The molecule has 3 aliphatic carbocycles. The van der Waals surface area contributed by atoms with Gasteiger partial charge in [0, 0.05) is 5.41 Å². The lowest BCUT2D eigenvalue weighted by Gasteiger charge is -2.41. The van der Waals surface area contributed by atoms with Crippen molar-refractivity contribution in [3.63, 3.8) is 0 Å². The fraction of sp³-hybridized carbons (Fsp3) is 0.478. The van der Waals surface area contributed by atoms with Crippen molar-refractivity contribution in [2.75, 3.05) is 14.2 Å². The van der Waals surface area contributed by atoms with E-state index in [1.165, 1.54) is 26.6 Å². The van der Waals surface area contributed by atoms with Crippen LogP contribution in [0.15, 0.2) is 35.0 Å². The molecule has 160 valence electrons. The van der Waals surface area contributed by atoms with Gasteiger partial charge in [0.25, 0.3) is 0 Å². The van der Waals surface area contributed by atoms with E-state index in [9.17, 15) is 14.7 Å². The first-order chi connectivity index (χ1) is 14.2. The highest BCUT2D eigenvalue weighted by Crippen LogP contribution is 2.72. The summed E-state index contributed by atoms with van der Waals surface area (Å²) in [6.45, 7) is 6.05. The molecule has 1 spiro atoms. The fourth-order valence-corrected chi connectivity index (χ4v) is 6.58. The lowest BCUT2D eigenvalue weighted by molar-refractivity contribution is -0.147. The van der Waals surface area contributed by atoms with Crippen molar-refractivity contribution < 1.29 is 28.9 Å². The van der Waals surface area contributed by atoms with Gasteiger partial charge in [-0.2, -0.15) is 0 Å². The second kappa shape index (κ2) is 7.24. The summed E-state index contributed by atoms with van der Waals surface area (Å²) in [5.74, 6) is -0.672. The van der Waals surface area contributed by atoms with Crippen molar-refractivity contribution in [1.29, 1.82) is 0 Å². The minimum Gasteiger partial charge on any atom is -0.469 e. The number of rotatable bonds is 4. The van der Waals surface area contributed by atoms with E-state index in [4.69, 9.17) is 9.47 Å². The Bertz CT molecular complexity index is 982. The monoisotopic (exact) mass is 476 g/mol. The zero-order valence-corrected chi connectivity index (χ0v) is 18.9. The molecular weight excluding hydrogens is 452 g/mol. The van der Waals surface area contributed by atoms with Gasteiger partial charge in [0.1, 0.15) is 5.75 Å². The number of fused-ring (bicyclic) bond motifs is 3. The second-order valence-corrected chi connectivity index (χ2v) is 9.38. The third kappa shape index (κ3) is 2.86. The molecule has 0 aromatic heterocycles. The number of benzene rings is 1. The minimum absolute atomic E-state index is 0.130. The predicted molar refractivity (Wildman–Crippen MR) is 113 cm³/mol. The summed E-state index contributed by atoms with van der Waals surface area (Å²) >= 11 is 3.59. The van der Waals surface area contributed by atoms with Crippen molar-refractivity contribution in [3.8, 4) is 5.75 Å².